The molecule has 3 nitrogen and oxygen atoms in total. The van der Waals surface area contributed by atoms with Gasteiger partial charge >= 0.3 is 0 Å². The Balaban J connectivity index is 1.89. The highest BCUT2D eigenvalue weighted by Crippen LogP contribution is 2.21. The van der Waals surface area contributed by atoms with Gasteiger partial charge in [0.2, 0.25) is 5.91 Å². The minimum absolute atomic E-state index is 0.0336. The molecule has 86 valence electrons. The Labute approximate surface area is 101 Å². The number of carbonyl (C=O) groups is 1. The van der Waals surface area contributed by atoms with E-state index in [1.807, 2.05) is 6.07 Å². The Morgan fingerprint density at radius 3 is 2.76 bits per heavy atom. The number of benzene rings is 1. The van der Waals surface area contributed by atoms with E-state index in [9.17, 15) is 4.79 Å². The summed E-state index contributed by atoms with van der Waals surface area (Å²) in [5.74, 6) is 0.416. The van der Waals surface area contributed by atoms with Crippen LogP contribution in [-0.2, 0) is 4.79 Å². The van der Waals surface area contributed by atoms with Crippen LogP contribution >= 0.6 is 0 Å². The Morgan fingerprint density at radius 1 is 1.41 bits per heavy atom. The topological polar surface area (TPSA) is 52.9 Å². The second-order valence-corrected chi connectivity index (χ2v) is 4.21. The van der Waals surface area contributed by atoms with Gasteiger partial charge in [0.05, 0.1) is 11.6 Å². The van der Waals surface area contributed by atoms with Crippen LogP contribution in [0.3, 0.4) is 0 Å². The molecular weight excluding hydrogens is 212 g/mol. The maximum absolute atomic E-state index is 11.7. The minimum atomic E-state index is 0.0336. The molecule has 0 aromatic heterocycles. The molecule has 0 saturated heterocycles. The molecule has 0 heterocycles. The van der Waals surface area contributed by atoms with Crippen LogP contribution in [0, 0.1) is 17.2 Å². The summed E-state index contributed by atoms with van der Waals surface area (Å²) < 4.78 is 0. The molecular formula is C14H14N2O. The van der Waals surface area contributed by atoms with Crippen molar-refractivity contribution in [1.29, 1.82) is 5.26 Å². The van der Waals surface area contributed by atoms with Crippen LogP contribution in [0.5, 0.6) is 0 Å². The van der Waals surface area contributed by atoms with Crippen LogP contribution in [0.15, 0.2) is 36.4 Å². The number of hydrogen-bond acceptors (Lipinski definition) is 2. The summed E-state index contributed by atoms with van der Waals surface area (Å²) in [4.78, 5) is 11.7. The van der Waals surface area contributed by atoms with E-state index in [0.717, 1.165) is 18.5 Å². The zero-order valence-corrected chi connectivity index (χ0v) is 9.52. The fourth-order valence-electron chi connectivity index (χ4n) is 1.94. The SMILES string of the molecule is N#Cc1ccc(NC(=O)CC2C=CCC2)cc1. The summed E-state index contributed by atoms with van der Waals surface area (Å²) in [5.41, 5.74) is 1.35. The minimum Gasteiger partial charge on any atom is -0.326 e. The summed E-state index contributed by atoms with van der Waals surface area (Å²) >= 11 is 0. The van der Waals surface area contributed by atoms with E-state index in [-0.39, 0.29) is 5.91 Å². The van der Waals surface area contributed by atoms with Crippen molar-refractivity contribution in [3.8, 4) is 6.07 Å². The van der Waals surface area contributed by atoms with Crippen LogP contribution in [0.2, 0.25) is 0 Å². The van der Waals surface area contributed by atoms with Crippen molar-refractivity contribution in [3.63, 3.8) is 0 Å². The molecule has 0 saturated carbocycles. The molecule has 0 radical (unpaired) electrons. The lowest BCUT2D eigenvalue weighted by Gasteiger charge is -2.08. The van der Waals surface area contributed by atoms with E-state index in [1.165, 1.54) is 0 Å². The second-order valence-electron chi connectivity index (χ2n) is 4.21. The molecule has 0 aliphatic heterocycles. The smallest absolute Gasteiger partial charge is 0.224 e. The highest BCUT2D eigenvalue weighted by Gasteiger charge is 2.13. The van der Waals surface area contributed by atoms with Crippen molar-refractivity contribution in [1.82, 2.24) is 0 Å². The first kappa shape index (κ1) is 11.4. The van der Waals surface area contributed by atoms with Gasteiger partial charge in [0.25, 0.3) is 0 Å². The molecule has 0 spiro atoms. The van der Waals surface area contributed by atoms with Gasteiger partial charge in [-0.3, -0.25) is 4.79 Å². The lowest BCUT2D eigenvalue weighted by molar-refractivity contribution is -0.116. The van der Waals surface area contributed by atoms with Gasteiger partial charge in [0, 0.05) is 12.1 Å². The molecule has 0 fully saturated rings. The average Bonchev–Trinajstić information content (AvgIpc) is 2.82. The van der Waals surface area contributed by atoms with Crippen molar-refractivity contribution in [3.05, 3.63) is 42.0 Å². The van der Waals surface area contributed by atoms with Gasteiger partial charge in [0.1, 0.15) is 0 Å². The van der Waals surface area contributed by atoms with Gasteiger partial charge in [-0.05, 0) is 43.0 Å². The van der Waals surface area contributed by atoms with Crippen molar-refractivity contribution in [2.75, 3.05) is 5.32 Å². The summed E-state index contributed by atoms with van der Waals surface area (Å²) in [7, 11) is 0. The van der Waals surface area contributed by atoms with Crippen LogP contribution < -0.4 is 5.32 Å². The second kappa shape index (κ2) is 5.31. The van der Waals surface area contributed by atoms with E-state index < -0.39 is 0 Å². The van der Waals surface area contributed by atoms with Crippen molar-refractivity contribution in [2.24, 2.45) is 5.92 Å². The highest BCUT2D eigenvalue weighted by molar-refractivity contribution is 5.91. The first-order valence-electron chi connectivity index (χ1n) is 5.74. The molecule has 1 aromatic carbocycles. The van der Waals surface area contributed by atoms with Crippen molar-refractivity contribution >= 4 is 11.6 Å². The normalized spacial score (nSPS) is 17.7. The van der Waals surface area contributed by atoms with E-state index in [4.69, 9.17) is 5.26 Å². The lowest BCUT2D eigenvalue weighted by Crippen LogP contribution is -2.14. The maximum atomic E-state index is 11.7. The molecule has 3 heteroatoms. The van der Waals surface area contributed by atoms with E-state index in [2.05, 4.69) is 17.5 Å². The fraction of sp³-hybridized carbons (Fsp3) is 0.286. The Hall–Kier alpha value is -2.08. The van der Waals surface area contributed by atoms with Gasteiger partial charge in [0.15, 0.2) is 0 Å². The van der Waals surface area contributed by atoms with Gasteiger partial charge in [-0.1, -0.05) is 12.2 Å². The van der Waals surface area contributed by atoms with E-state index in [0.29, 0.717) is 17.9 Å². The maximum Gasteiger partial charge on any atom is 0.224 e. The molecule has 1 N–H and O–H groups in total. The number of hydrogen-bond donors (Lipinski definition) is 1. The number of allylic oxidation sites excluding steroid dienone is 2. The van der Waals surface area contributed by atoms with Crippen LogP contribution in [-0.4, -0.2) is 5.91 Å². The number of anilines is 1. The molecule has 1 aliphatic rings. The van der Waals surface area contributed by atoms with Crippen molar-refractivity contribution in [2.45, 2.75) is 19.3 Å². The first-order valence-corrected chi connectivity index (χ1v) is 5.74. The van der Waals surface area contributed by atoms with Gasteiger partial charge in [-0.25, -0.2) is 0 Å². The standard InChI is InChI=1S/C14H14N2O/c15-10-12-5-7-13(8-6-12)16-14(17)9-11-3-1-2-4-11/h1,3,5-8,11H,2,4,9H2,(H,16,17). The fourth-order valence-corrected chi connectivity index (χ4v) is 1.94. The number of rotatable bonds is 3. The molecule has 1 amide bonds. The first-order chi connectivity index (χ1) is 8.28. The average molecular weight is 226 g/mol. The van der Waals surface area contributed by atoms with Crippen molar-refractivity contribution < 1.29 is 4.79 Å². The summed E-state index contributed by atoms with van der Waals surface area (Å²) in [6, 6.07) is 8.95. The highest BCUT2D eigenvalue weighted by atomic mass is 16.1. The molecule has 1 unspecified atom stereocenters. The van der Waals surface area contributed by atoms with Gasteiger partial charge < -0.3 is 5.32 Å². The van der Waals surface area contributed by atoms with Crippen LogP contribution in [0.4, 0.5) is 5.69 Å². The third kappa shape index (κ3) is 3.18. The molecule has 1 aliphatic carbocycles. The van der Waals surface area contributed by atoms with Crippen LogP contribution in [0.25, 0.3) is 0 Å². The Kier molecular flexibility index (Phi) is 3.56. The number of amides is 1. The zero-order chi connectivity index (χ0) is 12.1. The predicted molar refractivity (Wildman–Crippen MR) is 66.3 cm³/mol. The number of nitrogens with zero attached hydrogens (tertiary/aromatic N) is 1. The molecule has 1 atom stereocenters. The number of carbonyl (C=O) groups excluding carboxylic acids is 1. The van der Waals surface area contributed by atoms with Gasteiger partial charge in [-0.2, -0.15) is 5.26 Å². The van der Waals surface area contributed by atoms with Crippen LogP contribution in [0.1, 0.15) is 24.8 Å². The molecule has 1 aromatic rings. The third-order valence-corrected chi connectivity index (χ3v) is 2.86. The predicted octanol–water partition coefficient (Wildman–Crippen LogP) is 2.85. The summed E-state index contributed by atoms with van der Waals surface area (Å²) in [6.45, 7) is 0. The Bertz CT molecular complexity index is 468. The zero-order valence-electron chi connectivity index (χ0n) is 9.52. The molecule has 0 bridgehead atoms. The van der Waals surface area contributed by atoms with E-state index >= 15 is 0 Å². The van der Waals surface area contributed by atoms with E-state index in [1.54, 1.807) is 24.3 Å². The number of nitrogens with one attached hydrogen (secondary N) is 1. The lowest BCUT2D eigenvalue weighted by atomic mass is 10.1. The van der Waals surface area contributed by atoms with Gasteiger partial charge in [-0.15, -0.1) is 0 Å². The largest absolute Gasteiger partial charge is 0.326 e. The number of nitriles is 1. The summed E-state index contributed by atoms with van der Waals surface area (Å²) in [5, 5.41) is 11.5. The summed E-state index contributed by atoms with van der Waals surface area (Å²) in [6.07, 6.45) is 6.92. The quantitative estimate of drug-likeness (QED) is 0.806. The third-order valence-electron chi connectivity index (χ3n) is 2.86. The molecule has 17 heavy (non-hydrogen) atoms. The Morgan fingerprint density at radius 2 is 2.18 bits per heavy atom. The monoisotopic (exact) mass is 226 g/mol. The molecule has 2 rings (SSSR count).